The van der Waals surface area contributed by atoms with E-state index in [9.17, 15) is 4.79 Å². The van der Waals surface area contributed by atoms with Crippen LogP contribution in [0.4, 0.5) is 5.82 Å². The first-order valence-corrected chi connectivity index (χ1v) is 5.78. The van der Waals surface area contributed by atoms with Crippen LogP contribution >= 0.6 is 11.3 Å². The summed E-state index contributed by atoms with van der Waals surface area (Å²) in [6.45, 7) is 0. The van der Waals surface area contributed by atoms with Crippen LogP contribution in [-0.4, -0.2) is 10.9 Å². The van der Waals surface area contributed by atoms with Crippen molar-refractivity contribution in [2.75, 3.05) is 5.32 Å². The van der Waals surface area contributed by atoms with E-state index in [-0.39, 0.29) is 12.1 Å². The summed E-state index contributed by atoms with van der Waals surface area (Å²) >= 11 is 1.60. The van der Waals surface area contributed by atoms with Gasteiger partial charge in [-0.15, -0.1) is 11.3 Å². The summed E-state index contributed by atoms with van der Waals surface area (Å²) in [6, 6.07) is 7.46. The molecule has 1 atom stereocenters. The lowest BCUT2D eigenvalue weighted by Crippen LogP contribution is -2.38. The van der Waals surface area contributed by atoms with Gasteiger partial charge in [0.05, 0.1) is 5.56 Å². The van der Waals surface area contributed by atoms with Crippen molar-refractivity contribution in [2.45, 2.75) is 6.17 Å². The maximum Gasteiger partial charge on any atom is 0.256 e. The van der Waals surface area contributed by atoms with E-state index in [0.717, 1.165) is 4.88 Å². The van der Waals surface area contributed by atoms with Crippen LogP contribution in [-0.2, 0) is 0 Å². The normalized spacial score (nSPS) is 18.5. The van der Waals surface area contributed by atoms with Crippen molar-refractivity contribution >= 4 is 23.1 Å². The van der Waals surface area contributed by atoms with Crippen molar-refractivity contribution in [2.24, 2.45) is 0 Å². The Hall–Kier alpha value is -1.88. The number of rotatable bonds is 1. The van der Waals surface area contributed by atoms with Crippen LogP contribution in [0.2, 0.25) is 0 Å². The number of nitrogens with one attached hydrogen (secondary N) is 2. The summed E-state index contributed by atoms with van der Waals surface area (Å²) < 4.78 is 0. The quantitative estimate of drug-likeness (QED) is 0.789. The van der Waals surface area contributed by atoms with E-state index in [1.807, 2.05) is 17.5 Å². The summed E-state index contributed by atoms with van der Waals surface area (Å²) in [7, 11) is 0. The standard InChI is InChI=1S/C11H9N3OS/c15-11-7-3-1-5-12-9(7)13-10(14-11)8-4-2-6-16-8/h1-6,10H,(H,12,13)(H,14,15)/t10-/m0/s1. The fraction of sp³-hybridized carbons (Fsp3) is 0.0909. The van der Waals surface area contributed by atoms with E-state index in [4.69, 9.17) is 0 Å². The maximum absolute atomic E-state index is 11.8. The lowest BCUT2D eigenvalue weighted by molar-refractivity contribution is 0.0935. The highest BCUT2D eigenvalue weighted by Gasteiger charge is 2.25. The van der Waals surface area contributed by atoms with Gasteiger partial charge in [0.15, 0.2) is 0 Å². The third-order valence-electron chi connectivity index (χ3n) is 2.44. The van der Waals surface area contributed by atoms with Crippen LogP contribution in [0.15, 0.2) is 35.8 Å². The molecule has 0 aliphatic carbocycles. The summed E-state index contributed by atoms with van der Waals surface area (Å²) in [5.74, 6) is 0.560. The number of anilines is 1. The zero-order valence-corrected chi connectivity index (χ0v) is 9.12. The molecule has 1 aliphatic heterocycles. The van der Waals surface area contributed by atoms with Gasteiger partial charge in [0, 0.05) is 11.1 Å². The molecular weight excluding hydrogens is 222 g/mol. The average Bonchev–Trinajstić information content (AvgIpc) is 2.82. The molecule has 1 aliphatic rings. The molecule has 80 valence electrons. The van der Waals surface area contributed by atoms with Gasteiger partial charge in [0.1, 0.15) is 12.0 Å². The highest BCUT2D eigenvalue weighted by Crippen LogP contribution is 2.26. The largest absolute Gasteiger partial charge is 0.345 e. The van der Waals surface area contributed by atoms with Crippen molar-refractivity contribution in [1.82, 2.24) is 10.3 Å². The number of pyridine rings is 1. The van der Waals surface area contributed by atoms with Gasteiger partial charge in [0.25, 0.3) is 5.91 Å². The number of hydrogen-bond donors (Lipinski definition) is 2. The van der Waals surface area contributed by atoms with E-state index in [0.29, 0.717) is 11.4 Å². The predicted octanol–water partition coefficient (Wildman–Crippen LogP) is 2.00. The molecule has 1 amide bonds. The number of hydrogen-bond acceptors (Lipinski definition) is 4. The monoisotopic (exact) mass is 231 g/mol. The zero-order valence-electron chi connectivity index (χ0n) is 8.31. The number of amides is 1. The summed E-state index contributed by atoms with van der Waals surface area (Å²) in [5, 5.41) is 8.08. The molecule has 0 aromatic carbocycles. The molecule has 3 heterocycles. The number of fused-ring (bicyclic) bond motifs is 1. The van der Waals surface area contributed by atoms with Crippen LogP contribution < -0.4 is 10.6 Å². The Kier molecular flexibility index (Phi) is 2.11. The zero-order chi connectivity index (χ0) is 11.0. The second-order valence-electron chi connectivity index (χ2n) is 3.47. The summed E-state index contributed by atoms with van der Waals surface area (Å²) in [4.78, 5) is 17.0. The second kappa shape index (κ2) is 3.61. The minimum absolute atomic E-state index is 0.0831. The van der Waals surface area contributed by atoms with E-state index < -0.39 is 0 Å². The first kappa shape index (κ1) is 9.35. The van der Waals surface area contributed by atoms with Crippen LogP contribution in [0.25, 0.3) is 0 Å². The van der Waals surface area contributed by atoms with Crippen LogP contribution in [0.1, 0.15) is 21.4 Å². The van der Waals surface area contributed by atoms with Crippen molar-refractivity contribution in [3.05, 3.63) is 46.3 Å². The minimum Gasteiger partial charge on any atom is -0.345 e. The smallest absolute Gasteiger partial charge is 0.256 e. The summed E-state index contributed by atoms with van der Waals surface area (Å²) in [6.07, 6.45) is 1.51. The highest BCUT2D eigenvalue weighted by atomic mass is 32.1. The molecule has 0 saturated carbocycles. The van der Waals surface area contributed by atoms with Gasteiger partial charge in [-0.05, 0) is 23.6 Å². The first-order chi connectivity index (χ1) is 7.84. The van der Waals surface area contributed by atoms with Gasteiger partial charge in [0.2, 0.25) is 0 Å². The SMILES string of the molecule is O=C1N[C@@H](c2cccs2)Nc2ncccc21. The molecular formula is C11H9N3OS. The molecule has 0 fully saturated rings. The molecule has 2 aromatic rings. The van der Waals surface area contributed by atoms with Crippen molar-refractivity contribution in [1.29, 1.82) is 0 Å². The fourth-order valence-electron chi connectivity index (χ4n) is 1.68. The van der Waals surface area contributed by atoms with Gasteiger partial charge >= 0.3 is 0 Å². The van der Waals surface area contributed by atoms with Gasteiger partial charge in [-0.3, -0.25) is 4.79 Å². The lowest BCUT2D eigenvalue weighted by Gasteiger charge is -2.25. The number of nitrogens with zero attached hydrogens (tertiary/aromatic N) is 1. The Morgan fingerprint density at radius 1 is 1.25 bits per heavy atom. The molecule has 5 heteroatoms. The molecule has 16 heavy (non-hydrogen) atoms. The molecule has 4 nitrogen and oxygen atoms in total. The van der Waals surface area contributed by atoms with Gasteiger partial charge in [-0.25, -0.2) is 4.98 Å². The van der Waals surface area contributed by atoms with E-state index >= 15 is 0 Å². The minimum atomic E-state index is -0.171. The maximum atomic E-state index is 11.8. The molecule has 0 radical (unpaired) electrons. The number of aromatic nitrogens is 1. The second-order valence-corrected chi connectivity index (χ2v) is 4.45. The van der Waals surface area contributed by atoms with E-state index in [1.165, 1.54) is 0 Å². The van der Waals surface area contributed by atoms with Crippen LogP contribution in [0, 0.1) is 0 Å². The third kappa shape index (κ3) is 1.45. The van der Waals surface area contributed by atoms with E-state index in [1.54, 1.807) is 29.7 Å². The van der Waals surface area contributed by atoms with Gasteiger partial charge in [-0.2, -0.15) is 0 Å². The van der Waals surface area contributed by atoms with Gasteiger partial charge < -0.3 is 10.6 Å². The highest BCUT2D eigenvalue weighted by molar-refractivity contribution is 7.10. The summed E-state index contributed by atoms with van der Waals surface area (Å²) in [5.41, 5.74) is 0.593. The Labute approximate surface area is 96.3 Å². The predicted molar refractivity (Wildman–Crippen MR) is 62.4 cm³/mol. The lowest BCUT2D eigenvalue weighted by atomic mass is 10.2. The molecule has 0 bridgehead atoms. The Balaban J connectivity index is 1.98. The molecule has 0 unspecified atom stereocenters. The molecule has 0 saturated heterocycles. The average molecular weight is 231 g/mol. The topological polar surface area (TPSA) is 54.0 Å². The fourth-order valence-corrected chi connectivity index (χ4v) is 2.41. The first-order valence-electron chi connectivity index (χ1n) is 4.90. The third-order valence-corrected chi connectivity index (χ3v) is 3.37. The van der Waals surface area contributed by atoms with Gasteiger partial charge in [-0.1, -0.05) is 6.07 Å². The Morgan fingerprint density at radius 2 is 2.19 bits per heavy atom. The van der Waals surface area contributed by atoms with Crippen LogP contribution in [0.3, 0.4) is 0 Å². The Bertz CT molecular complexity index is 524. The van der Waals surface area contributed by atoms with Crippen molar-refractivity contribution in [3.63, 3.8) is 0 Å². The number of carbonyl (C=O) groups excluding carboxylic acids is 1. The van der Waals surface area contributed by atoms with Crippen LogP contribution in [0.5, 0.6) is 0 Å². The molecule has 3 rings (SSSR count). The molecule has 2 N–H and O–H groups in total. The van der Waals surface area contributed by atoms with Crippen molar-refractivity contribution < 1.29 is 4.79 Å². The number of carbonyl (C=O) groups is 1. The van der Waals surface area contributed by atoms with Crippen molar-refractivity contribution in [3.8, 4) is 0 Å². The Morgan fingerprint density at radius 3 is 3.00 bits per heavy atom. The molecule has 2 aromatic heterocycles. The van der Waals surface area contributed by atoms with E-state index in [2.05, 4.69) is 15.6 Å². The molecule has 0 spiro atoms. The number of thiophene rings is 1.